The number of rotatable bonds is 3. The van der Waals surface area contributed by atoms with Crippen LogP contribution in [0.3, 0.4) is 0 Å². The molecule has 12 heavy (non-hydrogen) atoms. The van der Waals surface area contributed by atoms with Crippen molar-refractivity contribution in [1.29, 1.82) is 0 Å². The summed E-state index contributed by atoms with van der Waals surface area (Å²) in [4.78, 5) is 0. The second-order valence-corrected chi connectivity index (χ2v) is 2.44. The SMILES string of the molecule is CNC(NN)c1ccc(F)cc1. The molecule has 0 saturated heterocycles. The van der Waals surface area contributed by atoms with Gasteiger partial charge in [0.1, 0.15) is 5.82 Å². The monoisotopic (exact) mass is 169 g/mol. The Balaban J connectivity index is 2.80. The summed E-state index contributed by atoms with van der Waals surface area (Å²) in [6, 6.07) is 6.15. The van der Waals surface area contributed by atoms with E-state index in [1.54, 1.807) is 19.2 Å². The Labute approximate surface area is 70.7 Å². The smallest absolute Gasteiger partial charge is 0.123 e. The van der Waals surface area contributed by atoms with Gasteiger partial charge in [-0.15, -0.1) is 0 Å². The van der Waals surface area contributed by atoms with Crippen molar-refractivity contribution < 1.29 is 4.39 Å². The van der Waals surface area contributed by atoms with Crippen molar-refractivity contribution in [2.45, 2.75) is 6.17 Å². The highest BCUT2D eigenvalue weighted by Gasteiger charge is 2.04. The third kappa shape index (κ3) is 2.01. The normalized spacial score (nSPS) is 12.9. The fraction of sp³-hybridized carbons (Fsp3) is 0.250. The van der Waals surface area contributed by atoms with Crippen LogP contribution in [0.15, 0.2) is 24.3 Å². The topological polar surface area (TPSA) is 50.1 Å². The van der Waals surface area contributed by atoms with Crippen molar-refractivity contribution in [3.8, 4) is 0 Å². The van der Waals surface area contributed by atoms with E-state index >= 15 is 0 Å². The average Bonchev–Trinajstić information content (AvgIpc) is 2.10. The number of nitrogens with one attached hydrogen (secondary N) is 2. The lowest BCUT2D eigenvalue weighted by Crippen LogP contribution is -2.36. The molecular weight excluding hydrogens is 157 g/mol. The first-order valence-electron chi connectivity index (χ1n) is 3.67. The largest absolute Gasteiger partial charge is 0.300 e. The van der Waals surface area contributed by atoms with Gasteiger partial charge in [0.15, 0.2) is 0 Å². The van der Waals surface area contributed by atoms with Crippen LogP contribution in [-0.4, -0.2) is 7.05 Å². The van der Waals surface area contributed by atoms with Crippen LogP contribution in [0.1, 0.15) is 11.7 Å². The summed E-state index contributed by atoms with van der Waals surface area (Å²) >= 11 is 0. The van der Waals surface area contributed by atoms with E-state index in [4.69, 9.17) is 5.84 Å². The minimum absolute atomic E-state index is 0.134. The van der Waals surface area contributed by atoms with Gasteiger partial charge in [-0.3, -0.25) is 5.84 Å². The minimum atomic E-state index is -0.245. The lowest BCUT2D eigenvalue weighted by Gasteiger charge is -2.14. The van der Waals surface area contributed by atoms with E-state index in [-0.39, 0.29) is 12.0 Å². The zero-order chi connectivity index (χ0) is 8.97. The summed E-state index contributed by atoms with van der Waals surface area (Å²) in [6.07, 6.45) is -0.134. The van der Waals surface area contributed by atoms with Gasteiger partial charge in [0.2, 0.25) is 0 Å². The third-order valence-electron chi connectivity index (χ3n) is 1.66. The van der Waals surface area contributed by atoms with E-state index in [0.717, 1.165) is 5.56 Å². The standard InChI is InChI=1S/C8H12FN3/c1-11-8(12-10)6-2-4-7(9)5-3-6/h2-5,8,11-12H,10H2,1H3. The van der Waals surface area contributed by atoms with Crippen LogP contribution in [0.5, 0.6) is 0 Å². The van der Waals surface area contributed by atoms with E-state index in [1.807, 2.05) is 0 Å². The maximum Gasteiger partial charge on any atom is 0.123 e. The van der Waals surface area contributed by atoms with Crippen LogP contribution in [0.25, 0.3) is 0 Å². The fourth-order valence-corrected chi connectivity index (χ4v) is 1.00. The van der Waals surface area contributed by atoms with Gasteiger partial charge in [-0.2, -0.15) is 0 Å². The zero-order valence-corrected chi connectivity index (χ0v) is 6.84. The Hall–Kier alpha value is -0.970. The van der Waals surface area contributed by atoms with Gasteiger partial charge in [0.25, 0.3) is 0 Å². The quantitative estimate of drug-likeness (QED) is 0.351. The summed E-state index contributed by atoms with van der Waals surface area (Å²) in [5.41, 5.74) is 3.46. The van der Waals surface area contributed by atoms with Gasteiger partial charge in [0, 0.05) is 0 Å². The van der Waals surface area contributed by atoms with Crippen molar-refractivity contribution in [2.75, 3.05) is 7.05 Å². The fourth-order valence-electron chi connectivity index (χ4n) is 1.00. The van der Waals surface area contributed by atoms with E-state index in [9.17, 15) is 4.39 Å². The average molecular weight is 169 g/mol. The second-order valence-electron chi connectivity index (χ2n) is 2.44. The highest BCUT2D eigenvalue weighted by Crippen LogP contribution is 2.08. The van der Waals surface area contributed by atoms with E-state index < -0.39 is 0 Å². The molecule has 0 aliphatic carbocycles. The van der Waals surface area contributed by atoms with Crippen LogP contribution in [0, 0.1) is 5.82 Å². The molecule has 1 aromatic carbocycles. The molecule has 0 fully saturated rings. The number of halogens is 1. The van der Waals surface area contributed by atoms with Crippen molar-refractivity contribution in [3.05, 3.63) is 35.6 Å². The van der Waals surface area contributed by atoms with Gasteiger partial charge < -0.3 is 5.32 Å². The molecule has 1 unspecified atom stereocenters. The van der Waals surface area contributed by atoms with Crippen LogP contribution in [0.2, 0.25) is 0 Å². The maximum atomic E-state index is 12.5. The van der Waals surface area contributed by atoms with Crippen molar-refractivity contribution in [2.24, 2.45) is 5.84 Å². The van der Waals surface area contributed by atoms with Crippen LogP contribution in [-0.2, 0) is 0 Å². The first-order chi connectivity index (χ1) is 5.77. The second kappa shape index (κ2) is 4.15. The molecule has 66 valence electrons. The Bertz CT molecular complexity index is 231. The molecule has 0 aliphatic rings. The van der Waals surface area contributed by atoms with Crippen molar-refractivity contribution in [1.82, 2.24) is 10.7 Å². The van der Waals surface area contributed by atoms with E-state index in [2.05, 4.69) is 10.7 Å². The molecular formula is C8H12FN3. The summed E-state index contributed by atoms with van der Waals surface area (Å²) in [5.74, 6) is 5.00. The number of hydrazine groups is 1. The first kappa shape index (κ1) is 9.12. The van der Waals surface area contributed by atoms with Gasteiger partial charge in [-0.05, 0) is 24.7 Å². The number of hydrogen-bond donors (Lipinski definition) is 3. The molecule has 1 rings (SSSR count). The van der Waals surface area contributed by atoms with Crippen molar-refractivity contribution in [3.63, 3.8) is 0 Å². The number of nitrogens with two attached hydrogens (primary N) is 1. The zero-order valence-electron chi connectivity index (χ0n) is 6.84. The molecule has 0 amide bonds. The maximum absolute atomic E-state index is 12.5. The predicted molar refractivity (Wildman–Crippen MR) is 45.5 cm³/mol. The summed E-state index contributed by atoms with van der Waals surface area (Å²) in [6.45, 7) is 0. The lowest BCUT2D eigenvalue weighted by molar-refractivity contribution is 0.487. The number of benzene rings is 1. The lowest BCUT2D eigenvalue weighted by atomic mass is 10.2. The van der Waals surface area contributed by atoms with Gasteiger partial charge in [-0.25, -0.2) is 9.82 Å². The summed E-state index contributed by atoms with van der Waals surface area (Å²) in [5, 5.41) is 2.93. The molecule has 0 spiro atoms. The van der Waals surface area contributed by atoms with Crippen LogP contribution >= 0.6 is 0 Å². The highest BCUT2D eigenvalue weighted by atomic mass is 19.1. The predicted octanol–water partition coefficient (Wildman–Crippen LogP) is 0.507. The third-order valence-corrected chi connectivity index (χ3v) is 1.66. The van der Waals surface area contributed by atoms with Crippen LogP contribution in [0.4, 0.5) is 4.39 Å². The van der Waals surface area contributed by atoms with Gasteiger partial charge in [0.05, 0.1) is 6.17 Å². The molecule has 0 aliphatic heterocycles. The minimum Gasteiger partial charge on any atom is -0.300 e. The Morgan fingerprint density at radius 3 is 2.33 bits per heavy atom. The molecule has 0 bridgehead atoms. The molecule has 0 saturated carbocycles. The Morgan fingerprint density at radius 1 is 1.33 bits per heavy atom. The van der Waals surface area contributed by atoms with Crippen molar-refractivity contribution >= 4 is 0 Å². The molecule has 0 heterocycles. The molecule has 0 aromatic heterocycles. The first-order valence-corrected chi connectivity index (χ1v) is 3.67. The Kier molecular flexibility index (Phi) is 3.16. The summed E-state index contributed by atoms with van der Waals surface area (Å²) in [7, 11) is 1.77. The molecule has 4 N–H and O–H groups in total. The molecule has 4 heteroatoms. The molecule has 1 aromatic rings. The van der Waals surface area contributed by atoms with Gasteiger partial charge in [-0.1, -0.05) is 12.1 Å². The Morgan fingerprint density at radius 2 is 1.92 bits per heavy atom. The van der Waals surface area contributed by atoms with E-state index in [0.29, 0.717) is 0 Å². The van der Waals surface area contributed by atoms with E-state index in [1.165, 1.54) is 12.1 Å². The summed E-state index contributed by atoms with van der Waals surface area (Å²) < 4.78 is 12.5. The molecule has 0 radical (unpaired) electrons. The van der Waals surface area contributed by atoms with Gasteiger partial charge >= 0.3 is 0 Å². The van der Waals surface area contributed by atoms with Crippen LogP contribution < -0.4 is 16.6 Å². The molecule has 3 nitrogen and oxygen atoms in total. The molecule has 1 atom stereocenters. The number of hydrogen-bond acceptors (Lipinski definition) is 3. The highest BCUT2D eigenvalue weighted by molar-refractivity contribution is 5.18.